The molecule has 0 spiro atoms. The standard InChI is InChI=1S/C29H30N6O2/c1-4-37-29(36)20-13-15-34(16-14-20)26-12-11-21(17-30-26)35-28-19(2)7-5-9-23(28)27(32-35)22-8-6-10-25-24(22)18-33(3)31-25/h5-12,17-18,20H,4,13-16H2,1-3H3. The molecule has 0 N–H and O–H groups in total. The van der Waals surface area contributed by atoms with E-state index in [-0.39, 0.29) is 11.9 Å². The number of piperidine rings is 1. The lowest BCUT2D eigenvalue weighted by Crippen LogP contribution is -2.37. The van der Waals surface area contributed by atoms with E-state index >= 15 is 0 Å². The van der Waals surface area contributed by atoms with Gasteiger partial charge in [-0.3, -0.25) is 9.48 Å². The van der Waals surface area contributed by atoms with Gasteiger partial charge in [0.2, 0.25) is 0 Å². The van der Waals surface area contributed by atoms with Crippen LogP contribution in [-0.4, -0.2) is 50.2 Å². The Bertz CT molecular complexity index is 1590. The van der Waals surface area contributed by atoms with E-state index in [1.807, 2.05) is 53.9 Å². The van der Waals surface area contributed by atoms with Gasteiger partial charge in [-0.2, -0.15) is 10.2 Å². The highest BCUT2D eigenvalue weighted by molar-refractivity contribution is 6.03. The SMILES string of the molecule is CCOC(=O)C1CCN(c2ccc(-n3nc(-c4cccc5nn(C)cc45)c4cccc(C)c43)cn2)CC1. The van der Waals surface area contributed by atoms with Crippen LogP contribution in [0, 0.1) is 12.8 Å². The molecule has 37 heavy (non-hydrogen) atoms. The maximum Gasteiger partial charge on any atom is 0.309 e. The molecule has 0 atom stereocenters. The molecule has 0 bridgehead atoms. The molecule has 1 saturated heterocycles. The molecule has 1 aliphatic rings. The maximum atomic E-state index is 12.1. The van der Waals surface area contributed by atoms with E-state index < -0.39 is 0 Å². The number of ether oxygens (including phenoxy) is 1. The van der Waals surface area contributed by atoms with Crippen LogP contribution in [0.2, 0.25) is 0 Å². The summed E-state index contributed by atoms with van der Waals surface area (Å²) in [7, 11) is 1.94. The number of rotatable bonds is 5. The molecule has 188 valence electrons. The number of aromatic nitrogens is 5. The van der Waals surface area contributed by atoms with Gasteiger partial charge in [-0.05, 0) is 50.5 Å². The molecular formula is C29H30N6O2. The van der Waals surface area contributed by atoms with Gasteiger partial charge < -0.3 is 9.64 Å². The third kappa shape index (κ3) is 4.12. The van der Waals surface area contributed by atoms with E-state index in [0.717, 1.165) is 76.1 Å². The number of carbonyl (C=O) groups excluding carboxylic acids is 1. The molecule has 1 aliphatic heterocycles. The minimum atomic E-state index is -0.0795. The van der Waals surface area contributed by atoms with Crippen LogP contribution in [-0.2, 0) is 16.6 Å². The second-order valence-corrected chi connectivity index (χ2v) is 9.66. The first-order chi connectivity index (χ1) is 18.0. The molecule has 8 nitrogen and oxygen atoms in total. The lowest BCUT2D eigenvalue weighted by molar-refractivity contribution is -0.148. The van der Waals surface area contributed by atoms with Crippen molar-refractivity contribution in [3.8, 4) is 16.9 Å². The molecule has 0 saturated carbocycles. The third-order valence-electron chi connectivity index (χ3n) is 7.24. The molecule has 1 fully saturated rings. The molecule has 5 aromatic rings. The van der Waals surface area contributed by atoms with Crippen LogP contribution < -0.4 is 4.90 Å². The van der Waals surface area contributed by atoms with Gasteiger partial charge in [0.15, 0.2) is 0 Å². The quantitative estimate of drug-likeness (QED) is 0.318. The molecular weight excluding hydrogens is 464 g/mol. The van der Waals surface area contributed by atoms with Gasteiger partial charge in [-0.25, -0.2) is 9.67 Å². The van der Waals surface area contributed by atoms with E-state index in [0.29, 0.717) is 6.61 Å². The lowest BCUT2D eigenvalue weighted by Gasteiger charge is -2.31. The van der Waals surface area contributed by atoms with Crippen molar-refractivity contribution in [2.24, 2.45) is 13.0 Å². The number of aryl methyl sites for hydroxylation is 2. The molecule has 2 aromatic carbocycles. The average molecular weight is 495 g/mol. The summed E-state index contributed by atoms with van der Waals surface area (Å²) in [6.07, 6.45) is 5.51. The number of benzene rings is 2. The number of carbonyl (C=O) groups is 1. The number of esters is 1. The van der Waals surface area contributed by atoms with Gasteiger partial charge >= 0.3 is 5.97 Å². The monoisotopic (exact) mass is 494 g/mol. The average Bonchev–Trinajstić information content (AvgIpc) is 3.50. The Balaban J connectivity index is 1.34. The highest BCUT2D eigenvalue weighted by Gasteiger charge is 2.26. The highest BCUT2D eigenvalue weighted by Crippen LogP contribution is 2.35. The van der Waals surface area contributed by atoms with E-state index in [1.165, 1.54) is 0 Å². The zero-order valence-electron chi connectivity index (χ0n) is 21.4. The summed E-state index contributed by atoms with van der Waals surface area (Å²) in [5, 5.41) is 11.9. The zero-order chi connectivity index (χ0) is 25.5. The summed E-state index contributed by atoms with van der Waals surface area (Å²) in [4.78, 5) is 19.1. The van der Waals surface area contributed by atoms with Crippen LogP contribution in [0.25, 0.3) is 38.8 Å². The third-order valence-corrected chi connectivity index (χ3v) is 7.24. The van der Waals surface area contributed by atoms with Gasteiger partial charge in [0, 0.05) is 42.7 Å². The number of nitrogens with zero attached hydrogens (tertiary/aromatic N) is 6. The minimum Gasteiger partial charge on any atom is -0.466 e. The van der Waals surface area contributed by atoms with Crippen molar-refractivity contribution in [2.45, 2.75) is 26.7 Å². The Morgan fingerprint density at radius 2 is 1.84 bits per heavy atom. The zero-order valence-corrected chi connectivity index (χ0v) is 21.4. The van der Waals surface area contributed by atoms with E-state index in [2.05, 4.69) is 47.3 Å². The van der Waals surface area contributed by atoms with Crippen LogP contribution in [0.3, 0.4) is 0 Å². The Morgan fingerprint density at radius 3 is 2.59 bits per heavy atom. The Morgan fingerprint density at radius 1 is 1.03 bits per heavy atom. The Hall–Kier alpha value is -4.20. The van der Waals surface area contributed by atoms with Gasteiger partial charge in [0.05, 0.1) is 35.4 Å². The van der Waals surface area contributed by atoms with Gasteiger partial charge in [0.1, 0.15) is 11.5 Å². The molecule has 0 unspecified atom stereocenters. The number of fused-ring (bicyclic) bond motifs is 2. The first-order valence-corrected chi connectivity index (χ1v) is 12.8. The number of anilines is 1. The normalized spacial score (nSPS) is 14.5. The summed E-state index contributed by atoms with van der Waals surface area (Å²) < 4.78 is 9.05. The van der Waals surface area contributed by atoms with Crippen molar-refractivity contribution < 1.29 is 9.53 Å². The molecule has 4 heterocycles. The molecule has 0 radical (unpaired) electrons. The van der Waals surface area contributed by atoms with Gasteiger partial charge in [-0.1, -0.05) is 30.3 Å². The predicted octanol–water partition coefficient (Wildman–Crippen LogP) is 5.06. The molecule has 3 aromatic heterocycles. The number of hydrogen-bond acceptors (Lipinski definition) is 6. The van der Waals surface area contributed by atoms with Crippen LogP contribution in [0.5, 0.6) is 0 Å². The molecule has 8 heteroatoms. The van der Waals surface area contributed by atoms with Crippen molar-refractivity contribution in [2.75, 3.05) is 24.6 Å². The number of pyridine rings is 1. The molecule has 0 amide bonds. The van der Waals surface area contributed by atoms with Crippen LogP contribution in [0.4, 0.5) is 5.82 Å². The van der Waals surface area contributed by atoms with Gasteiger partial charge in [-0.15, -0.1) is 0 Å². The van der Waals surface area contributed by atoms with E-state index in [4.69, 9.17) is 14.8 Å². The largest absolute Gasteiger partial charge is 0.466 e. The molecule has 6 rings (SSSR count). The lowest BCUT2D eigenvalue weighted by atomic mass is 9.97. The van der Waals surface area contributed by atoms with Crippen LogP contribution in [0.1, 0.15) is 25.3 Å². The summed E-state index contributed by atoms with van der Waals surface area (Å²) in [6.45, 7) is 5.98. The fourth-order valence-electron chi connectivity index (χ4n) is 5.38. The van der Waals surface area contributed by atoms with Crippen molar-refractivity contribution in [3.05, 3.63) is 66.5 Å². The highest BCUT2D eigenvalue weighted by atomic mass is 16.5. The van der Waals surface area contributed by atoms with E-state index in [1.54, 1.807) is 0 Å². The van der Waals surface area contributed by atoms with Crippen LogP contribution >= 0.6 is 0 Å². The number of para-hydroxylation sites is 1. The minimum absolute atomic E-state index is 0.0171. The van der Waals surface area contributed by atoms with Crippen molar-refractivity contribution in [1.82, 2.24) is 24.5 Å². The van der Waals surface area contributed by atoms with Gasteiger partial charge in [0.25, 0.3) is 0 Å². The topological polar surface area (TPSA) is 78.1 Å². The smallest absolute Gasteiger partial charge is 0.309 e. The summed E-state index contributed by atoms with van der Waals surface area (Å²) in [5.74, 6) is 0.820. The van der Waals surface area contributed by atoms with E-state index in [9.17, 15) is 4.79 Å². The summed E-state index contributed by atoms with van der Waals surface area (Å²) in [5.41, 5.74) is 6.08. The first kappa shape index (κ1) is 23.2. The fraction of sp³-hybridized carbons (Fsp3) is 0.310. The second-order valence-electron chi connectivity index (χ2n) is 9.66. The predicted molar refractivity (Wildman–Crippen MR) is 145 cm³/mol. The van der Waals surface area contributed by atoms with Crippen molar-refractivity contribution in [1.29, 1.82) is 0 Å². The number of hydrogen-bond donors (Lipinski definition) is 0. The fourth-order valence-corrected chi connectivity index (χ4v) is 5.38. The summed E-state index contributed by atoms with van der Waals surface area (Å²) in [6, 6.07) is 16.6. The Kier molecular flexibility index (Phi) is 5.87. The first-order valence-electron chi connectivity index (χ1n) is 12.8. The maximum absolute atomic E-state index is 12.1. The van der Waals surface area contributed by atoms with Crippen molar-refractivity contribution in [3.63, 3.8) is 0 Å². The van der Waals surface area contributed by atoms with Crippen molar-refractivity contribution >= 4 is 33.6 Å². The second kappa shape index (κ2) is 9.35. The van der Waals surface area contributed by atoms with Crippen LogP contribution in [0.15, 0.2) is 60.9 Å². The molecule has 0 aliphatic carbocycles. The summed E-state index contributed by atoms with van der Waals surface area (Å²) >= 11 is 0. The Labute approximate surface area is 215 Å².